The number of nitrogens with one attached hydrogen (secondary N) is 1. The first-order valence-electron chi connectivity index (χ1n) is 8.60. The molecule has 3 rings (SSSR count). The number of rotatable bonds is 7. The van der Waals surface area contributed by atoms with E-state index in [-0.39, 0.29) is 5.75 Å². The fourth-order valence-corrected chi connectivity index (χ4v) is 4.10. The summed E-state index contributed by atoms with van der Waals surface area (Å²) in [5, 5.41) is 0. The molecule has 1 aliphatic rings. The summed E-state index contributed by atoms with van der Waals surface area (Å²) in [7, 11) is -3.37. The highest BCUT2D eigenvalue weighted by molar-refractivity contribution is 7.92. The van der Waals surface area contributed by atoms with Gasteiger partial charge in [0, 0.05) is 13.1 Å². The van der Waals surface area contributed by atoms with Gasteiger partial charge in [0.1, 0.15) is 0 Å². The highest BCUT2D eigenvalue weighted by Gasteiger charge is 2.18. The lowest BCUT2D eigenvalue weighted by molar-refractivity contribution is 0.123. The molecule has 0 amide bonds. The molecule has 0 aromatic heterocycles. The Labute approximate surface area is 149 Å². The summed E-state index contributed by atoms with van der Waals surface area (Å²) in [6.45, 7) is 2.87. The molecule has 1 heterocycles. The summed E-state index contributed by atoms with van der Waals surface area (Å²) in [4.78, 5) is 2.16. The van der Waals surface area contributed by atoms with Gasteiger partial charge in [-0.1, -0.05) is 42.5 Å². The van der Waals surface area contributed by atoms with E-state index >= 15 is 0 Å². The number of hydrogen-bond donors (Lipinski definition) is 1. The Morgan fingerprint density at radius 3 is 2.40 bits per heavy atom. The minimum absolute atomic E-state index is 0.110. The number of hydrogen-bond acceptors (Lipinski definition) is 4. The molecule has 0 spiro atoms. The van der Waals surface area contributed by atoms with Crippen molar-refractivity contribution >= 4 is 21.4 Å². The zero-order chi connectivity index (χ0) is 17.5. The van der Waals surface area contributed by atoms with E-state index in [1.165, 1.54) is 0 Å². The van der Waals surface area contributed by atoms with Crippen molar-refractivity contribution in [3.8, 4) is 0 Å². The molecule has 1 N–H and O–H groups in total. The predicted octanol–water partition coefficient (Wildman–Crippen LogP) is 2.90. The average Bonchev–Trinajstić information content (AvgIpc) is 2.63. The highest BCUT2D eigenvalue weighted by Crippen LogP contribution is 2.27. The van der Waals surface area contributed by atoms with Crippen molar-refractivity contribution < 1.29 is 13.2 Å². The summed E-state index contributed by atoms with van der Waals surface area (Å²) in [6.07, 6.45) is 1.35. The lowest BCUT2D eigenvalue weighted by Crippen LogP contribution is -2.36. The van der Waals surface area contributed by atoms with Gasteiger partial charge in [-0.25, -0.2) is 8.42 Å². The van der Waals surface area contributed by atoms with Gasteiger partial charge in [0.2, 0.25) is 10.0 Å². The van der Waals surface area contributed by atoms with E-state index in [0.29, 0.717) is 25.3 Å². The molecule has 2 aromatic rings. The molecule has 0 aliphatic carbocycles. The molecule has 1 fully saturated rings. The normalized spacial score (nSPS) is 15.1. The molecule has 2 aromatic carbocycles. The van der Waals surface area contributed by atoms with Gasteiger partial charge < -0.3 is 9.64 Å². The predicted molar refractivity (Wildman–Crippen MR) is 102 cm³/mol. The SMILES string of the molecule is O=S(=O)(CCCc1ccccc1)Nc1ccccc1N1CCOCC1. The number of sulfonamides is 1. The molecule has 0 radical (unpaired) electrons. The van der Waals surface area contributed by atoms with E-state index in [1.807, 2.05) is 54.6 Å². The van der Waals surface area contributed by atoms with Crippen LogP contribution in [0.2, 0.25) is 0 Å². The van der Waals surface area contributed by atoms with Crippen LogP contribution in [0.25, 0.3) is 0 Å². The Morgan fingerprint density at radius 2 is 1.64 bits per heavy atom. The molecule has 0 bridgehead atoms. The van der Waals surface area contributed by atoms with E-state index in [1.54, 1.807) is 0 Å². The third kappa shape index (κ3) is 5.21. The smallest absolute Gasteiger partial charge is 0.232 e. The van der Waals surface area contributed by atoms with Gasteiger partial charge in [0.25, 0.3) is 0 Å². The molecule has 1 saturated heterocycles. The number of para-hydroxylation sites is 2. The van der Waals surface area contributed by atoms with Crippen LogP contribution in [0.5, 0.6) is 0 Å². The number of benzene rings is 2. The Balaban J connectivity index is 1.62. The maximum Gasteiger partial charge on any atom is 0.232 e. The monoisotopic (exact) mass is 360 g/mol. The number of nitrogens with zero attached hydrogens (tertiary/aromatic N) is 1. The number of morpholine rings is 1. The molecule has 0 atom stereocenters. The quantitative estimate of drug-likeness (QED) is 0.825. The van der Waals surface area contributed by atoms with Crippen molar-refractivity contribution in [1.82, 2.24) is 0 Å². The van der Waals surface area contributed by atoms with Crippen LogP contribution in [0.3, 0.4) is 0 Å². The van der Waals surface area contributed by atoms with Crippen LogP contribution in [-0.4, -0.2) is 40.5 Å². The summed E-state index contributed by atoms with van der Waals surface area (Å²) in [6, 6.07) is 17.5. The van der Waals surface area contributed by atoms with E-state index in [2.05, 4.69) is 9.62 Å². The first-order chi connectivity index (χ1) is 12.1. The fourth-order valence-electron chi connectivity index (χ4n) is 2.97. The molecule has 1 aliphatic heterocycles. The Kier molecular flexibility index (Phi) is 5.94. The molecule has 0 unspecified atom stereocenters. The van der Waals surface area contributed by atoms with E-state index < -0.39 is 10.0 Å². The first-order valence-corrected chi connectivity index (χ1v) is 10.3. The van der Waals surface area contributed by atoms with Crippen LogP contribution < -0.4 is 9.62 Å². The van der Waals surface area contributed by atoms with Crippen molar-refractivity contribution in [3.05, 3.63) is 60.2 Å². The summed E-state index contributed by atoms with van der Waals surface area (Å²) in [5.41, 5.74) is 2.72. The first kappa shape index (κ1) is 17.8. The Bertz CT molecular complexity index is 772. The van der Waals surface area contributed by atoms with Gasteiger partial charge in [-0.15, -0.1) is 0 Å². The summed E-state index contributed by atoms with van der Waals surface area (Å²) >= 11 is 0. The van der Waals surface area contributed by atoms with Crippen LogP contribution in [0.4, 0.5) is 11.4 Å². The topological polar surface area (TPSA) is 58.6 Å². The van der Waals surface area contributed by atoms with Gasteiger partial charge in [-0.3, -0.25) is 4.72 Å². The number of ether oxygens (including phenoxy) is 1. The Morgan fingerprint density at radius 1 is 0.960 bits per heavy atom. The molecule has 5 nitrogen and oxygen atoms in total. The largest absolute Gasteiger partial charge is 0.378 e. The van der Waals surface area contributed by atoms with Gasteiger partial charge in [0.05, 0.1) is 30.3 Å². The van der Waals surface area contributed by atoms with Gasteiger partial charge in [0.15, 0.2) is 0 Å². The molecule has 134 valence electrons. The van der Waals surface area contributed by atoms with Crippen LogP contribution >= 0.6 is 0 Å². The van der Waals surface area contributed by atoms with E-state index in [4.69, 9.17) is 4.74 Å². The van der Waals surface area contributed by atoms with Crippen LogP contribution in [0.15, 0.2) is 54.6 Å². The maximum absolute atomic E-state index is 12.5. The van der Waals surface area contributed by atoms with Crippen LogP contribution in [0.1, 0.15) is 12.0 Å². The van der Waals surface area contributed by atoms with Crippen molar-refractivity contribution in [1.29, 1.82) is 0 Å². The van der Waals surface area contributed by atoms with E-state index in [9.17, 15) is 8.42 Å². The zero-order valence-corrected chi connectivity index (χ0v) is 15.0. The lowest BCUT2D eigenvalue weighted by Gasteiger charge is -2.30. The van der Waals surface area contributed by atoms with Crippen molar-refractivity contribution in [3.63, 3.8) is 0 Å². The molecule has 25 heavy (non-hydrogen) atoms. The van der Waals surface area contributed by atoms with E-state index in [0.717, 1.165) is 30.8 Å². The average molecular weight is 360 g/mol. The van der Waals surface area contributed by atoms with Crippen molar-refractivity contribution in [2.24, 2.45) is 0 Å². The minimum Gasteiger partial charge on any atom is -0.378 e. The summed E-state index contributed by atoms with van der Waals surface area (Å²) < 4.78 is 33.1. The second-order valence-corrected chi connectivity index (χ2v) is 7.97. The van der Waals surface area contributed by atoms with Crippen molar-refractivity contribution in [2.45, 2.75) is 12.8 Å². The molecule has 0 saturated carbocycles. The highest BCUT2D eigenvalue weighted by atomic mass is 32.2. The lowest BCUT2D eigenvalue weighted by atomic mass is 10.1. The third-order valence-electron chi connectivity index (χ3n) is 4.24. The third-order valence-corrected chi connectivity index (χ3v) is 5.60. The summed E-state index contributed by atoms with van der Waals surface area (Å²) in [5.74, 6) is 0.110. The Hall–Kier alpha value is -2.05. The minimum atomic E-state index is -3.37. The molecular formula is C19H24N2O3S. The number of anilines is 2. The molecular weight excluding hydrogens is 336 g/mol. The molecule has 6 heteroatoms. The zero-order valence-electron chi connectivity index (χ0n) is 14.2. The van der Waals surface area contributed by atoms with Crippen LogP contribution in [-0.2, 0) is 21.2 Å². The fraction of sp³-hybridized carbons (Fsp3) is 0.368. The maximum atomic E-state index is 12.5. The van der Waals surface area contributed by atoms with Gasteiger partial charge in [-0.05, 0) is 30.5 Å². The number of aryl methyl sites for hydroxylation is 1. The second kappa shape index (κ2) is 8.36. The standard InChI is InChI=1S/C19H24N2O3S/c22-25(23,16-6-9-17-7-2-1-3-8-17)20-18-10-4-5-11-19(18)21-12-14-24-15-13-21/h1-5,7-8,10-11,20H,6,9,12-16H2. The van der Waals surface area contributed by atoms with Gasteiger partial charge in [-0.2, -0.15) is 0 Å². The van der Waals surface area contributed by atoms with Crippen LogP contribution in [0, 0.1) is 0 Å². The van der Waals surface area contributed by atoms with Crippen molar-refractivity contribution in [2.75, 3.05) is 41.7 Å². The van der Waals surface area contributed by atoms with Gasteiger partial charge >= 0.3 is 0 Å². The second-order valence-electron chi connectivity index (χ2n) is 6.13.